The lowest BCUT2D eigenvalue weighted by atomic mass is 10.0. The molecule has 1 atom stereocenters. The predicted molar refractivity (Wildman–Crippen MR) is 62.0 cm³/mol. The first kappa shape index (κ1) is 10.5. The predicted octanol–water partition coefficient (Wildman–Crippen LogP) is 1.41. The van der Waals surface area contributed by atoms with Crippen molar-refractivity contribution in [2.24, 2.45) is 0 Å². The minimum absolute atomic E-state index is 0.667. The molecule has 1 aromatic heterocycles. The number of likely N-dealkylation sites (tertiary alicyclic amines) is 1. The van der Waals surface area contributed by atoms with Gasteiger partial charge in [0.1, 0.15) is 0 Å². The third-order valence-electron chi connectivity index (χ3n) is 3.27. The zero-order valence-corrected chi connectivity index (χ0v) is 9.61. The SMILES string of the molecule is CNc1nccn1CC1CCCCN1C. The molecule has 1 aliphatic rings. The van der Waals surface area contributed by atoms with Gasteiger partial charge < -0.3 is 14.8 Å². The van der Waals surface area contributed by atoms with Crippen molar-refractivity contribution >= 4 is 5.95 Å². The summed E-state index contributed by atoms with van der Waals surface area (Å²) < 4.78 is 2.20. The zero-order chi connectivity index (χ0) is 10.7. The molecule has 0 saturated carbocycles. The number of piperidine rings is 1. The Kier molecular flexibility index (Phi) is 3.26. The van der Waals surface area contributed by atoms with Gasteiger partial charge in [-0.25, -0.2) is 4.98 Å². The molecule has 1 saturated heterocycles. The van der Waals surface area contributed by atoms with Gasteiger partial charge in [0, 0.05) is 32.0 Å². The van der Waals surface area contributed by atoms with Crippen LogP contribution in [-0.2, 0) is 6.54 Å². The highest BCUT2D eigenvalue weighted by molar-refractivity contribution is 5.24. The molecule has 0 bridgehead atoms. The molecule has 1 fully saturated rings. The molecule has 0 radical (unpaired) electrons. The first-order valence-electron chi connectivity index (χ1n) is 5.70. The first-order chi connectivity index (χ1) is 7.31. The molecule has 1 unspecified atom stereocenters. The fourth-order valence-electron chi connectivity index (χ4n) is 2.29. The quantitative estimate of drug-likeness (QED) is 0.815. The van der Waals surface area contributed by atoms with E-state index in [-0.39, 0.29) is 0 Å². The molecule has 2 rings (SSSR count). The first-order valence-corrected chi connectivity index (χ1v) is 5.70. The summed E-state index contributed by atoms with van der Waals surface area (Å²) in [6.07, 6.45) is 7.91. The van der Waals surface area contributed by atoms with Gasteiger partial charge in [0.25, 0.3) is 0 Å². The Morgan fingerprint density at radius 3 is 3.13 bits per heavy atom. The average Bonchev–Trinajstić information content (AvgIpc) is 2.69. The smallest absolute Gasteiger partial charge is 0.202 e. The molecule has 84 valence electrons. The minimum atomic E-state index is 0.667. The maximum atomic E-state index is 4.26. The summed E-state index contributed by atoms with van der Waals surface area (Å²) in [6.45, 7) is 2.28. The van der Waals surface area contributed by atoms with Crippen molar-refractivity contribution in [3.05, 3.63) is 12.4 Å². The van der Waals surface area contributed by atoms with E-state index in [1.54, 1.807) is 0 Å². The molecule has 2 heterocycles. The molecule has 0 aliphatic carbocycles. The maximum absolute atomic E-state index is 4.26. The third kappa shape index (κ3) is 2.31. The lowest BCUT2D eigenvalue weighted by Crippen LogP contribution is -2.39. The molecule has 0 aromatic carbocycles. The van der Waals surface area contributed by atoms with Gasteiger partial charge in [-0.2, -0.15) is 0 Å². The molecule has 1 N–H and O–H groups in total. The number of anilines is 1. The molecule has 1 aliphatic heterocycles. The lowest BCUT2D eigenvalue weighted by Gasteiger charge is -2.32. The Morgan fingerprint density at radius 2 is 2.40 bits per heavy atom. The summed E-state index contributed by atoms with van der Waals surface area (Å²) in [4.78, 5) is 6.72. The van der Waals surface area contributed by atoms with Crippen molar-refractivity contribution in [3.8, 4) is 0 Å². The molecule has 15 heavy (non-hydrogen) atoms. The number of rotatable bonds is 3. The van der Waals surface area contributed by atoms with Crippen LogP contribution in [0.3, 0.4) is 0 Å². The molecular weight excluding hydrogens is 188 g/mol. The standard InChI is InChI=1S/C11H20N4/c1-12-11-13-6-8-15(11)9-10-5-3-4-7-14(10)2/h6,8,10H,3-5,7,9H2,1-2H3,(H,12,13). The van der Waals surface area contributed by atoms with Gasteiger partial charge in [-0.15, -0.1) is 0 Å². The highest BCUT2D eigenvalue weighted by Crippen LogP contribution is 2.17. The van der Waals surface area contributed by atoms with Crippen LogP contribution in [0.2, 0.25) is 0 Å². The largest absolute Gasteiger partial charge is 0.359 e. The molecule has 4 heteroatoms. The second-order valence-corrected chi connectivity index (χ2v) is 4.28. The van der Waals surface area contributed by atoms with E-state index in [4.69, 9.17) is 0 Å². The van der Waals surface area contributed by atoms with E-state index in [1.807, 2.05) is 19.4 Å². The average molecular weight is 208 g/mol. The highest BCUT2D eigenvalue weighted by Gasteiger charge is 2.19. The molecular formula is C11H20N4. The van der Waals surface area contributed by atoms with Crippen LogP contribution in [0.25, 0.3) is 0 Å². The van der Waals surface area contributed by atoms with Gasteiger partial charge in [-0.1, -0.05) is 6.42 Å². The monoisotopic (exact) mass is 208 g/mol. The van der Waals surface area contributed by atoms with Crippen molar-refractivity contribution in [2.45, 2.75) is 31.8 Å². The Labute approximate surface area is 91.3 Å². The van der Waals surface area contributed by atoms with Crippen LogP contribution in [-0.4, -0.2) is 41.1 Å². The van der Waals surface area contributed by atoms with Crippen LogP contribution in [0.15, 0.2) is 12.4 Å². The summed E-state index contributed by atoms with van der Waals surface area (Å²) in [5.74, 6) is 0.967. The van der Waals surface area contributed by atoms with Crippen LogP contribution < -0.4 is 5.32 Å². The normalized spacial score (nSPS) is 22.9. The number of likely N-dealkylation sites (N-methyl/N-ethyl adjacent to an activating group) is 1. The zero-order valence-electron chi connectivity index (χ0n) is 9.61. The number of aromatic nitrogens is 2. The van der Waals surface area contributed by atoms with Gasteiger partial charge in [0.05, 0.1) is 0 Å². The number of hydrogen-bond donors (Lipinski definition) is 1. The van der Waals surface area contributed by atoms with Gasteiger partial charge in [0.15, 0.2) is 0 Å². The maximum Gasteiger partial charge on any atom is 0.202 e. The number of nitrogens with zero attached hydrogens (tertiary/aromatic N) is 3. The number of hydrogen-bond acceptors (Lipinski definition) is 3. The van der Waals surface area contributed by atoms with E-state index in [2.05, 4.69) is 26.8 Å². The second kappa shape index (κ2) is 4.66. The molecule has 0 amide bonds. The summed E-state index contributed by atoms with van der Waals surface area (Å²) in [5, 5.41) is 3.11. The van der Waals surface area contributed by atoms with E-state index in [0.29, 0.717) is 6.04 Å². The summed E-state index contributed by atoms with van der Waals surface area (Å²) in [6, 6.07) is 0.667. The second-order valence-electron chi connectivity index (χ2n) is 4.28. The van der Waals surface area contributed by atoms with Gasteiger partial charge in [-0.05, 0) is 26.4 Å². The topological polar surface area (TPSA) is 33.1 Å². The van der Waals surface area contributed by atoms with Crippen LogP contribution in [0.1, 0.15) is 19.3 Å². The van der Waals surface area contributed by atoms with Crippen molar-refractivity contribution in [1.82, 2.24) is 14.5 Å². The number of imidazole rings is 1. The fraction of sp³-hybridized carbons (Fsp3) is 0.727. The van der Waals surface area contributed by atoms with Crippen LogP contribution in [0, 0.1) is 0 Å². The van der Waals surface area contributed by atoms with Gasteiger partial charge in [-0.3, -0.25) is 0 Å². The lowest BCUT2D eigenvalue weighted by molar-refractivity contribution is 0.168. The Hall–Kier alpha value is -1.03. The fourth-order valence-corrected chi connectivity index (χ4v) is 2.29. The van der Waals surface area contributed by atoms with E-state index in [9.17, 15) is 0 Å². The number of nitrogens with one attached hydrogen (secondary N) is 1. The Bertz CT molecular complexity index is 307. The van der Waals surface area contributed by atoms with Crippen LogP contribution in [0.4, 0.5) is 5.95 Å². The van der Waals surface area contributed by atoms with Crippen molar-refractivity contribution in [3.63, 3.8) is 0 Å². The highest BCUT2D eigenvalue weighted by atomic mass is 15.2. The van der Waals surface area contributed by atoms with Crippen molar-refractivity contribution in [2.75, 3.05) is 26.0 Å². The summed E-state index contributed by atoms with van der Waals surface area (Å²) in [7, 11) is 4.14. The minimum Gasteiger partial charge on any atom is -0.359 e. The summed E-state index contributed by atoms with van der Waals surface area (Å²) >= 11 is 0. The molecule has 0 spiro atoms. The van der Waals surface area contributed by atoms with Crippen molar-refractivity contribution in [1.29, 1.82) is 0 Å². The Morgan fingerprint density at radius 1 is 1.53 bits per heavy atom. The Balaban J connectivity index is 2.01. The third-order valence-corrected chi connectivity index (χ3v) is 3.27. The van der Waals surface area contributed by atoms with E-state index < -0.39 is 0 Å². The van der Waals surface area contributed by atoms with E-state index in [1.165, 1.54) is 25.8 Å². The molecule has 4 nitrogen and oxygen atoms in total. The van der Waals surface area contributed by atoms with Gasteiger partial charge >= 0.3 is 0 Å². The van der Waals surface area contributed by atoms with E-state index >= 15 is 0 Å². The van der Waals surface area contributed by atoms with Crippen LogP contribution >= 0.6 is 0 Å². The van der Waals surface area contributed by atoms with E-state index in [0.717, 1.165) is 12.5 Å². The van der Waals surface area contributed by atoms with Crippen LogP contribution in [0.5, 0.6) is 0 Å². The molecule has 1 aromatic rings. The summed E-state index contributed by atoms with van der Waals surface area (Å²) in [5.41, 5.74) is 0. The van der Waals surface area contributed by atoms with Crippen molar-refractivity contribution < 1.29 is 0 Å². The van der Waals surface area contributed by atoms with Gasteiger partial charge in [0.2, 0.25) is 5.95 Å².